The van der Waals surface area contributed by atoms with E-state index >= 15 is 0 Å². The molecule has 0 aliphatic carbocycles. The monoisotopic (exact) mass is 268 g/mol. The summed E-state index contributed by atoms with van der Waals surface area (Å²) < 4.78 is 5.75. The van der Waals surface area contributed by atoms with E-state index in [9.17, 15) is 0 Å². The first-order valence-electron chi connectivity index (χ1n) is 6.39. The van der Waals surface area contributed by atoms with E-state index in [0.29, 0.717) is 6.54 Å². The van der Waals surface area contributed by atoms with E-state index in [-0.39, 0.29) is 5.60 Å². The van der Waals surface area contributed by atoms with Gasteiger partial charge in [-0.3, -0.25) is 0 Å². The fraction of sp³-hybridized carbons (Fsp3) is 0.571. The summed E-state index contributed by atoms with van der Waals surface area (Å²) in [6, 6.07) is 6.06. The summed E-state index contributed by atoms with van der Waals surface area (Å²) in [7, 11) is 0. The fourth-order valence-corrected chi connectivity index (χ4v) is 2.64. The summed E-state index contributed by atoms with van der Waals surface area (Å²) in [5, 5.41) is 0.773. The summed E-state index contributed by atoms with van der Waals surface area (Å²) in [6.07, 6.45) is 0.855. The minimum absolute atomic E-state index is 0.0993. The van der Waals surface area contributed by atoms with Gasteiger partial charge in [-0.05, 0) is 50.6 Å². The Balaban J connectivity index is 2.26. The molecule has 1 aromatic rings. The second-order valence-corrected chi connectivity index (χ2v) is 5.78. The van der Waals surface area contributed by atoms with Crippen LogP contribution >= 0.6 is 11.6 Å². The van der Waals surface area contributed by atoms with Gasteiger partial charge < -0.3 is 15.4 Å². The third-order valence-corrected chi connectivity index (χ3v) is 3.46. The zero-order valence-electron chi connectivity index (χ0n) is 11.1. The van der Waals surface area contributed by atoms with Crippen LogP contribution in [0.25, 0.3) is 0 Å². The highest BCUT2D eigenvalue weighted by Crippen LogP contribution is 2.28. The van der Waals surface area contributed by atoms with E-state index in [0.717, 1.165) is 31.1 Å². The van der Waals surface area contributed by atoms with Gasteiger partial charge in [-0.1, -0.05) is 11.6 Å². The van der Waals surface area contributed by atoms with Crippen molar-refractivity contribution in [2.75, 3.05) is 31.1 Å². The molecule has 0 saturated carbocycles. The van der Waals surface area contributed by atoms with Gasteiger partial charge in [-0.25, -0.2) is 0 Å². The van der Waals surface area contributed by atoms with Crippen LogP contribution in [0.15, 0.2) is 18.2 Å². The lowest BCUT2D eigenvalue weighted by molar-refractivity contribution is -0.0277. The maximum absolute atomic E-state index is 6.06. The number of anilines is 1. The number of nitrogens with two attached hydrogens (primary N) is 1. The van der Waals surface area contributed by atoms with Crippen LogP contribution in [0.4, 0.5) is 5.69 Å². The number of benzene rings is 1. The van der Waals surface area contributed by atoms with E-state index in [1.807, 2.05) is 12.1 Å². The second-order valence-electron chi connectivity index (χ2n) is 5.34. The van der Waals surface area contributed by atoms with Crippen LogP contribution in [0.1, 0.15) is 19.4 Å². The Labute approximate surface area is 114 Å². The molecule has 0 radical (unpaired) electrons. The molecule has 1 aromatic carbocycles. The minimum Gasteiger partial charge on any atom is -0.372 e. The summed E-state index contributed by atoms with van der Waals surface area (Å²) in [4.78, 5) is 2.37. The Bertz CT molecular complexity index is 420. The van der Waals surface area contributed by atoms with Gasteiger partial charge in [0, 0.05) is 23.8 Å². The third-order valence-electron chi connectivity index (χ3n) is 3.22. The standard InChI is InChI=1S/C14H21ClN2O/c1-14(2)10-17(7-8-18-14)13-4-3-12(15)9-11(13)5-6-16/h3-4,9H,5-8,10,16H2,1-2H3. The molecule has 1 fully saturated rings. The van der Waals surface area contributed by atoms with Crippen LogP contribution in [-0.2, 0) is 11.2 Å². The van der Waals surface area contributed by atoms with Crippen LogP contribution in [0.3, 0.4) is 0 Å². The van der Waals surface area contributed by atoms with Gasteiger partial charge in [0.1, 0.15) is 0 Å². The van der Waals surface area contributed by atoms with Crippen molar-refractivity contribution in [3.63, 3.8) is 0 Å². The molecular formula is C14H21ClN2O. The molecule has 0 spiro atoms. The number of rotatable bonds is 3. The van der Waals surface area contributed by atoms with E-state index in [1.54, 1.807) is 0 Å². The molecule has 4 heteroatoms. The van der Waals surface area contributed by atoms with Gasteiger partial charge in [0.25, 0.3) is 0 Å². The molecule has 0 amide bonds. The topological polar surface area (TPSA) is 38.5 Å². The highest BCUT2D eigenvalue weighted by molar-refractivity contribution is 6.30. The van der Waals surface area contributed by atoms with E-state index in [1.165, 1.54) is 11.3 Å². The van der Waals surface area contributed by atoms with Crippen LogP contribution in [0, 0.1) is 0 Å². The SMILES string of the molecule is CC1(C)CN(c2ccc(Cl)cc2CCN)CCO1. The molecule has 1 saturated heterocycles. The Morgan fingerprint density at radius 2 is 2.22 bits per heavy atom. The highest BCUT2D eigenvalue weighted by Gasteiger charge is 2.28. The Hall–Kier alpha value is -0.770. The smallest absolute Gasteiger partial charge is 0.0801 e. The summed E-state index contributed by atoms with van der Waals surface area (Å²) >= 11 is 6.06. The Kier molecular flexibility index (Phi) is 4.15. The number of morpholine rings is 1. The van der Waals surface area contributed by atoms with Gasteiger partial charge in [-0.2, -0.15) is 0 Å². The van der Waals surface area contributed by atoms with Crippen molar-refractivity contribution in [1.82, 2.24) is 0 Å². The Morgan fingerprint density at radius 1 is 1.44 bits per heavy atom. The normalized spacial score (nSPS) is 19.0. The van der Waals surface area contributed by atoms with Gasteiger partial charge in [0.05, 0.1) is 12.2 Å². The third kappa shape index (κ3) is 3.16. The molecule has 1 heterocycles. The summed E-state index contributed by atoms with van der Waals surface area (Å²) in [6.45, 7) is 7.46. The van der Waals surface area contributed by atoms with Crippen molar-refractivity contribution >= 4 is 17.3 Å². The van der Waals surface area contributed by atoms with Crippen molar-refractivity contribution in [2.45, 2.75) is 25.9 Å². The van der Waals surface area contributed by atoms with Crippen LogP contribution < -0.4 is 10.6 Å². The van der Waals surface area contributed by atoms with Crippen LogP contribution in [-0.4, -0.2) is 31.8 Å². The number of ether oxygens (including phenoxy) is 1. The molecule has 1 aliphatic rings. The van der Waals surface area contributed by atoms with E-state index < -0.39 is 0 Å². The van der Waals surface area contributed by atoms with Crippen molar-refractivity contribution in [3.8, 4) is 0 Å². The fourth-order valence-electron chi connectivity index (χ4n) is 2.44. The molecule has 0 bridgehead atoms. The molecule has 18 heavy (non-hydrogen) atoms. The zero-order valence-corrected chi connectivity index (χ0v) is 11.8. The van der Waals surface area contributed by atoms with Gasteiger partial charge in [-0.15, -0.1) is 0 Å². The molecule has 0 aromatic heterocycles. The minimum atomic E-state index is -0.0993. The average Bonchev–Trinajstić information content (AvgIpc) is 2.28. The molecule has 100 valence electrons. The highest BCUT2D eigenvalue weighted by atomic mass is 35.5. The molecular weight excluding hydrogens is 248 g/mol. The summed E-state index contributed by atoms with van der Waals surface area (Å²) in [5.41, 5.74) is 8.04. The molecule has 1 aliphatic heterocycles. The molecule has 2 N–H and O–H groups in total. The first-order chi connectivity index (χ1) is 8.52. The molecule has 3 nitrogen and oxygen atoms in total. The van der Waals surface area contributed by atoms with Crippen LogP contribution in [0.2, 0.25) is 5.02 Å². The lowest BCUT2D eigenvalue weighted by Crippen LogP contribution is -2.48. The number of hydrogen-bond acceptors (Lipinski definition) is 3. The van der Waals surface area contributed by atoms with E-state index in [2.05, 4.69) is 24.8 Å². The number of halogens is 1. The van der Waals surface area contributed by atoms with Crippen molar-refractivity contribution < 1.29 is 4.74 Å². The van der Waals surface area contributed by atoms with Gasteiger partial charge >= 0.3 is 0 Å². The van der Waals surface area contributed by atoms with Crippen molar-refractivity contribution in [2.24, 2.45) is 5.73 Å². The second kappa shape index (κ2) is 5.47. The average molecular weight is 269 g/mol. The lowest BCUT2D eigenvalue weighted by atomic mass is 10.0. The van der Waals surface area contributed by atoms with Gasteiger partial charge in [0.15, 0.2) is 0 Å². The molecule has 2 rings (SSSR count). The van der Waals surface area contributed by atoms with Gasteiger partial charge in [0.2, 0.25) is 0 Å². The summed E-state index contributed by atoms with van der Waals surface area (Å²) in [5.74, 6) is 0. The Morgan fingerprint density at radius 3 is 2.89 bits per heavy atom. The number of nitrogens with zero attached hydrogens (tertiary/aromatic N) is 1. The number of hydrogen-bond donors (Lipinski definition) is 1. The molecule has 0 atom stereocenters. The largest absolute Gasteiger partial charge is 0.372 e. The molecule has 0 unspecified atom stereocenters. The zero-order chi connectivity index (χ0) is 13.2. The first-order valence-corrected chi connectivity index (χ1v) is 6.77. The quantitative estimate of drug-likeness (QED) is 0.915. The lowest BCUT2D eigenvalue weighted by Gasteiger charge is -2.40. The first kappa shape index (κ1) is 13.7. The predicted molar refractivity (Wildman–Crippen MR) is 76.5 cm³/mol. The maximum atomic E-state index is 6.06. The van der Waals surface area contributed by atoms with E-state index in [4.69, 9.17) is 22.1 Å². The van der Waals surface area contributed by atoms with Crippen LogP contribution in [0.5, 0.6) is 0 Å². The van der Waals surface area contributed by atoms with Crippen molar-refractivity contribution in [3.05, 3.63) is 28.8 Å². The van der Waals surface area contributed by atoms with Crippen molar-refractivity contribution in [1.29, 1.82) is 0 Å². The maximum Gasteiger partial charge on any atom is 0.0801 e. The predicted octanol–water partition coefficient (Wildman–Crippen LogP) is 2.46.